The number of aliphatic carboxylic acids is 1. The highest BCUT2D eigenvalue weighted by Crippen LogP contribution is 2.26. The Balaban J connectivity index is 2.38. The van der Waals surface area contributed by atoms with Crippen molar-refractivity contribution in [2.45, 2.75) is 65.5 Å². The molecule has 0 radical (unpaired) electrons. The molecule has 0 aromatic heterocycles. The van der Waals surface area contributed by atoms with Crippen molar-refractivity contribution in [3.05, 3.63) is 70.8 Å². The Bertz CT molecular complexity index is 948. The highest BCUT2D eigenvalue weighted by Gasteiger charge is 2.26. The third-order valence-corrected chi connectivity index (χ3v) is 5.37. The van der Waals surface area contributed by atoms with Gasteiger partial charge in [0.2, 0.25) is 5.91 Å². The van der Waals surface area contributed by atoms with Crippen molar-refractivity contribution < 1.29 is 14.7 Å². The van der Waals surface area contributed by atoms with Crippen molar-refractivity contribution >= 4 is 17.6 Å². The first-order valence-corrected chi connectivity index (χ1v) is 11.0. The van der Waals surface area contributed by atoms with Crippen LogP contribution in [0.4, 0.5) is 0 Å². The lowest BCUT2D eigenvalue weighted by molar-refractivity contribution is -0.138. The standard InChI is InChI=1S/C25H34N4O3/c1-5-6-12-20(17(3)28-21-14-13-16(2)27-24(21)25(31)32)18(4)29-22(15-23(26)30)19-10-8-7-9-11-19/h5-6,10,12-15,17,24,27-28H,7-9,11H2,1-4H3,(H2,26,30)(H,31,32)/b6-5-,20-12-,22-15-,29-18+. The molecule has 2 rings (SSSR count). The summed E-state index contributed by atoms with van der Waals surface area (Å²) in [5.41, 5.74) is 10.0. The monoisotopic (exact) mass is 438 g/mol. The minimum atomic E-state index is -0.955. The van der Waals surface area contributed by atoms with E-state index >= 15 is 0 Å². The SMILES string of the molecule is C\C=C/C=C(\C(C)=N\C(=C/C(N)=O)C1=CCCCC1)C(C)NC1=CC=C(C)NC1C(=O)O. The summed E-state index contributed by atoms with van der Waals surface area (Å²) in [6, 6.07) is -1.08. The van der Waals surface area contributed by atoms with Gasteiger partial charge in [0.05, 0.1) is 11.7 Å². The first-order chi connectivity index (χ1) is 15.2. The molecule has 7 heteroatoms. The van der Waals surface area contributed by atoms with Crippen LogP contribution in [0.5, 0.6) is 0 Å². The number of carbonyl (C=O) groups excluding carboxylic acids is 1. The Kier molecular flexibility index (Phi) is 9.25. The Labute approximate surface area is 190 Å². The number of carbonyl (C=O) groups is 2. The molecule has 172 valence electrons. The van der Waals surface area contributed by atoms with E-state index in [-0.39, 0.29) is 6.04 Å². The van der Waals surface area contributed by atoms with Gasteiger partial charge in [-0.1, -0.05) is 24.3 Å². The van der Waals surface area contributed by atoms with Gasteiger partial charge in [0.25, 0.3) is 0 Å². The molecule has 1 aliphatic carbocycles. The van der Waals surface area contributed by atoms with E-state index in [0.717, 1.165) is 48.2 Å². The molecule has 32 heavy (non-hydrogen) atoms. The van der Waals surface area contributed by atoms with Crippen molar-refractivity contribution in [1.29, 1.82) is 0 Å². The van der Waals surface area contributed by atoms with Gasteiger partial charge in [0.15, 0.2) is 6.04 Å². The zero-order valence-electron chi connectivity index (χ0n) is 19.3. The van der Waals surface area contributed by atoms with E-state index in [9.17, 15) is 14.7 Å². The van der Waals surface area contributed by atoms with Gasteiger partial charge in [-0.2, -0.15) is 0 Å². The lowest BCUT2D eigenvalue weighted by atomic mass is 9.96. The van der Waals surface area contributed by atoms with Crippen LogP contribution in [0.2, 0.25) is 0 Å². The number of nitrogens with zero attached hydrogens (tertiary/aromatic N) is 1. The van der Waals surface area contributed by atoms with Gasteiger partial charge < -0.3 is 21.5 Å². The summed E-state index contributed by atoms with van der Waals surface area (Å²) in [7, 11) is 0. The number of hydrogen-bond acceptors (Lipinski definition) is 5. The number of allylic oxidation sites excluding steroid dienone is 8. The molecule has 0 aromatic rings. The van der Waals surface area contributed by atoms with E-state index in [4.69, 9.17) is 10.7 Å². The molecule has 0 bridgehead atoms. The van der Waals surface area contributed by atoms with Crippen molar-refractivity contribution in [2.24, 2.45) is 10.7 Å². The maximum absolute atomic E-state index is 11.7. The van der Waals surface area contributed by atoms with Crippen LogP contribution in [-0.4, -0.2) is 34.8 Å². The predicted molar refractivity (Wildman–Crippen MR) is 129 cm³/mol. The van der Waals surface area contributed by atoms with Crippen LogP contribution in [0.1, 0.15) is 53.4 Å². The van der Waals surface area contributed by atoms with E-state index in [1.54, 1.807) is 6.08 Å². The maximum Gasteiger partial charge on any atom is 0.332 e. The van der Waals surface area contributed by atoms with Crippen LogP contribution in [0.15, 0.2) is 75.8 Å². The van der Waals surface area contributed by atoms with Gasteiger partial charge in [-0.05, 0) is 76.7 Å². The van der Waals surface area contributed by atoms with Crippen LogP contribution in [0.25, 0.3) is 0 Å². The van der Waals surface area contributed by atoms with Crippen molar-refractivity contribution in [1.82, 2.24) is 10.6 Å². The molecular formula is C25H34N4O3. The summed E-state index contributed by atoms with van der Waals surface area (Å²) in [6.45, 7) is 7.59. The maximum atomic E-state index is 11.7. The summed E-state index contributed by atoms with van der Waals surface area (Å²) >= 11 is 0. The molecule has 7 nitrogen and oxygen atoms in total. The van der Waals surface area contributed by atoms with Gasteiger partial charge in [-0.15, -0.1) is 0 Å². The topological polar surface area (TPSA) is 117 Å². The molecule has 2 atom stereocenters. The molecule has 0 aromatic carbocycles. The molecule has 1 aliphatic heterocycles. The minimum Gasteiger partial charge on any atom is -0.479 e. The molecular weight excluding hydrogens is 404 g/mol. The number of amides is 1. The number of aliphatic imine (C=N–C) groups is 1. The van der Waals surface area contributed by atoms with Gasteiger partial charge in [0.1, 0.15) is 0 Å². The van der Waals surface area contributed by atoms with Gasteiger partial charge >= 0.3 is 5.97 Å². The number of primary amides is 1. The Morgan fingerprint density at radius 3 is 2.69 bits per heavy atom. The summed E-state index contributed by atoms with van der Waals surface area (Å²) in [5, 5.41) is 15.9. The van der Waals surface area contributed by atoms with E-state index in [1.165, 1.54) is 6.08 Å². The average molecular weight is 439 g/mol. The van der Waals surface area contributed by atoms with Crippen LogP contribution < -0.4 is 16.4 Å². The van der Waals surface area contributed by atoms with Crippen LogP contribution in [0.3, 0.4) is 0 Å². The van der Waals surface area contributed by atoms with E-state index in [0.29, 0.717) is 11.4 Å². The molecule has 2 aliphatic rings. The molecule has 0 fully saturated rings. The molecule has 0 saturated heterocycles. The number of dihydropyridines is 1. The average Bonchev–Trinajstić information content (AvgIpc) is 2.75. The second kappa shape index (κ2) is 11.9. The zero-order valence-corrected chi connectivity index (χ0v) is 19.3. The lowest BCUT2D eigenvalue weighted by Crippen LogP contribution is -2.46. The molecule has 5 N–H and O–H groups in total. The highest BCUT2D eigenvalue weighted by molar-refractivity contribution is 6.01. The summed E-state index contributed by atoms with van der Waals surface area (Å²) in [6.07, 6.45) is 16.9. The van der Waals surface area contributed by atoms with Gasteiger partial charge in [-0.25, -0.2) is 4.79 Å². The number of nitrogens with one attached hydrogen (secondary N) is 2. The van der Waals surface area contributed by atoms with Crippen LogP contribution in [0, 0.1) is 0 Å². The number of hydrogen-bond donors (Lipinski definition) is 4. The van der Waals surface area contributed by atoms with Crippen molar-refractivity contribution in [2.75, 3.05) is 0 Å². The first-order valence-electron chi connectivity index (χ1n) is 11.0. The van der Waals surface area contributed by atoms with Crippen LogP contribution >= 0.6 is 0 Å². The fraction of sp³-hybridized carbons (Fsp3) is 0.400. The fourth-order valence-corrected chi connectivity index (χ4v) is 3.74. The third-order valence-electron chi connectivity index (χ3n) is 5.37. The van der Waals surface area contributed by atoms with E-state index in [2.05, 4.69) is 16.7 Å². The smallest absolute Gasteiger partial charge is 0.332 e. The third kappa shape index (κ3) is 7.11. The summed E-state index contributed by atoms with van der Waals surface area (Å²) in [5.74, 6) is -1.48. The second-order valence-corrected chi connectivity index (χ2v) is 8.01. The Morgan fingerprint density at radius 1 is 1.34 bits per heavy atom. The predicted octanol–water partition coefficient (Wildman–Crippen LogP) is 3.64. The number of carboxylic acids is 1. The van der Waals surface area contributed by atoms with Crippen molar-refractivity contribution in [3.8, 4) is 0 Å². The quantitative estimate of drug-likeness (QED) is 0.249. The fourth-order valence-electron chi connectivity index (χ4n) is 3.74. The summed E-state index contributed by atoms with van der Waals surface area (Å²) in [4.78, 5) is 28.1. The first kappa shape index (κ1) is 24.9. The molecule has 1 amide bonds. The molecule has 2 unspecified atom stereocenters. The molecule has 0 spiro atoms. The van der Waals surface area contributed by atoms with E-state index < -0.39 is 17.9 Å². The normalized spacial score (nSPS) is 21.3. The van der Waals surface area contributed by atoms with Crippen LogP contribution in [-0.2, 0) is 9.59 Å². The van der Waals surface area contributed by atoms with Gasteiger partial charge in [-0.3, -0.25) is 9.79 Å². The highest BCUT2D eigenvalue weighted by atomic mass is 16.4. The second-order valence-electron chi connectivity index (χ2n) is 8.01. The molecule has 1 heterocycles. The largest absolute Gasteiger partial charge is 0.479 e. The lowest BCUT2D eigenvalue weighted by Gasteiger charge is -2.28. The number of carboxylic acid groups (broad SMARTS) is 1. The molecule has 0 saturated carbocycles. The Hall–Kier alpha value is -3.35. The Morgan fingerprint density at radius 2 is 2.09 bits per heavy atom. The zero-order chi connectivity index (χ0) is 23.7. The van der Waals surface area contributed by atoms with E-state index in [1.807, 2.05) is 52.0 Å². The minimum absolute atomic E-state index is 0.230. The number of rotatable bonds is 9. The summed E-state index contributed by atoms with van der Waals surface area (Å²) < 4.78 is 0. The van der Waals surface area contributed by atoms with Gasteiger partial charge in [0, 0.05) is 23.2 Å². The van der Waals surface area contributed by atoms with Crippen molar-refractivity contribution in [3.63, 3.8) is 0 Å². The number of nitrogens with two attached hydrogens (primary N) is 1.